The van der Waals surface area contributed by atoms with Crippen LogP contribution >= 0.6 is 23.2 Å². The van der Waals surface area contributed by atoms with Gasteiger partial charge in [0.15, 0.2) is 18.1 Å². The van der Waals surface area contributed by atoms with Crippen LogP contribution in [0.15, 0.2) is 36.4 Å². The second-order valence-electron chi connectivity index (χ2n) is 5.96. The molecule has 2 aromatic carbocycles. The average Bonchev–Trinajstić information content (AvgIpc) is 2.64. The minimum absolute atomic E-state index is 0.190. The highest BCUT2D eigenvalue weighted by molar-refractivity contribution is 6.35. The van der Waals surface area contributed by atoms with E-state index in [2.05, 4.69) is 0 Å². The summed E-state index contributed by atoms with van der Waals surface area (Å²) in [6, 6.07) is 9.87. The maximum absolute atomic E-state index is 12.2. The van der Waals surface area contributed by atoms with Gasteiger partial charge in [-0.1, -0.05) is 29.3 Å². The number of rotatable bonds is 5. The summed E-state index contributed by atoms with van der Waals surface area (Å²) >= 11 is 11.7. The van der Waals surface area contributed by atoms with Crippen molar-refractivity contribution in [2.24, 2.45) is 0 Å². The van der Waals surface area contributed by atoms with E-state index in [1.807, 2.05) is 18.2 Å². The lowest BCUT2D eigenvalue weighted by Gasteiger charge is -2.21. The molecule has 142 valence electrons. The summed E-state index contributed by atoms with van der Waals surface area (Å²) < 4.78 is 16.1. The number of nitrogens with zero attached hydrogens (tertiary/aromatic N) is 1. The van der Waals surface area contributed by atoms with Gasteiger partial charge in [-0.05, 0) is 35.9 Å². The molecule has 1 aliphatic rings. The summed E-state index contributed by atoms with van der Waals surface area (Å²) in [5, 5.41) is 0.632. The number of likely N-dealkylation sites (N-methyl/N-ethyl adjacent to an activating group) is 1. The normalized spacial score (nSPS) is 12.4. The van der Waals surface area contributed by atoms with Crippen molar-refractivity contribution in [1.29, 1.82) is 0 Å². The van der Waals surface area contributed by atoms with E-state index in [1.165, 1.54) is 23.1 Å². The van der Waals surface area contributed by atoms with Crippen LogP contribution in [-0.2, 0) is 16.1 Å². The number of carbonyl (C=O) groups excluding carboxylic acids is 2. The fourth-order valence-corrected chi connectivity index (χ4v) is 3.07. The molecule has 0 saturated carbocycles. The lowest BCUT2D eigenvalue weighted by Crippen LogP contribution is -2.30. The average molecular weight is 410 g/mol. The van der Waals surface area contributed by atoms with Crippen molar-refractivity contribution < 1.29 is 23.8 Å². The Kier molecular flexibility index (Phi) is 6.08. The number of amides is 1. The first kappa shape index (κ1) is 19.3. The van der Waals surface area contributed by atoms with Gasteiger partial charge in [0, 0.05) is 23.6 Å². The van der Waals surface area contributed by atoms with Crippen LogP contribution in [0.1, 0.15) is 15.9 Å². The van der Waals surface area contributed by atoms with Crippen LogP contribution in [0.5, 0.6) is 11.5 Å². The molecule has 0 saturated heterocycles. The zero-order chi connectivity index (χ0) is 19.4. The molecule has 0 radical (unpaired) electrons. The van der Waals surface area contributed by atoms with Crippen LogP contribution < -0.4 is 9.47 Å². The van der Waals surface area contributed by atoms with E-state index in [0.717, 1.165) is 5.56 Å². The Morgan fingerprint density at radius 1 is 1.04 bits per heavy atom. The first-order valence-electron chi connectivity index (χ1n) is 8.18. The van der Waals surface area contributed by atoms with Crippen molar-refractivity contribution in [1.82, 2.24) is 4.90 Å². The summed E-state index contributed by atoms with van der Waals surface area (Å²) in [5.41, 5.74) is 1.07. The molecule has 0 atom stereocenters. The van der Waals surface area contributed by atoms with Gasteiger partial charge in [0.05, 0.1) is 5.56 Å². The quantitative estimate of drug-likeness (QED) is 0.706. The Bertz CT molecular complexity index is 851. The van der Waals surface area contributed by atoms with E-state index in [4.69, 9.17) is 37.4 Å². The molecule has 0 aromatic heterocycles. The lowest BCUT2D eigenvalue weighted by atomic mass is 10.2. The van der Waals surface area contributed by atoms with Crippen molar-refractivity contribution in [2.75, 3.05) is 26.9 Å². The molecule has 2 aromatic rings. The zero-order valence-electron chi connectivity index (χ0n) is 14.5. The molecular formula is C19H17Cl2NO5. The van der Waals surface area contributed by atoms with E-state index in [1.54, 1.807) is 7.05 Å². The van der Waals surface area contributed by atoms with E-state index >= 15 is 0 Å². The van der Waals surface area contributed by atoms with Crippen LogP contribution in [0.3, 0.4) is 0 Å². The van der Waals surface area contributed by atoms with Gasteiger partial charge in [0.25, 0.3) is 5.91 Å². The van der Waals surface area contributed by atoms with Crippen LogP contribution in [-0.4, -0.2) is 43.6 Å². The van der Waals surface area contributed by atoms with Gasteiger partial charge in [-0.25, -0.2) is 4.79 Å². The van der Waals surface area contributed by atoms with Crippen molar-refractivity contribution in [3.05, 3.63) is 57.6 Å². The molecule has 8 heteroatoms. The molecule has 0 unspecified atom stereocenters. The van der Waals surface area contributed by atoms with Crippen molar-refractivity contribution in [2.45, 2.75) is 6.54 Å². The third-order valence-electron chi connectivity index (χ3n) is 3.88. The van der Waals surface area contributed by atoms with E-state index < -0.39 is 5.97 Å². The molecule has 27 heavy (non-hydrogen) atoms. The number of ether oxygens (including phenoxy) is 3. The third-order valence-corrected chi connectivity index (χ3v) is 4.31. The molecule has 3 rings (SSSR count). The molecule has 0 bridgehead atoms. The smallest absolute Gasteiger partial charge is 0.338 e. The Morgan fingerprint density at radius 2 is 1.70 bits per heavy atom. The number of fused-ring (bicyclic) bond motifs is 1. The van der Waals surface area contributed by atoms with Crippen molar-refractivity contribution in [3.63, 3.8) is 0 Å². The Hall–Kier alpha value is -2.44. The molecule has 0 spiro atoms. The van der Waals surface area contributed by atoms with Gasteiger partial charge in [0.2, 0.25) is 0 Å². The van der Waals surface area contributed by atoms with E-state index in [9.17, 15) is 9.59 Å². The molecule has 0 N–H and O–H groups in total. The van der Waals surface area contributed by atoms with Crippen LogP contribution in [0.2, 0.25) is 10.0 Å². The van der Waals surface area contributed by atoms with Crippen LogP contribution in [0.25, 0.3) is 0 Å². The number of halogens is 2. The SMILES string of the molecule is CN(Cc1ccc2c(c1)OCCO2)C(=O)COC(=O)c1cc(Cl)cc(Cl)c1. The van der Waals surface area contributed by atoms with Crippen LogP contribution in [0, 0.1) is 0 Å². The van der Waals surface area contributed by atoms with Crippen LogP contribution in [0.4, 0.5) is 0 Å². The standard InChI is InChI=1S/C19H17Cl2NO5/c1-22(10-12-2-3-16-17(6-12)26-5-4-25-16)18(23)11-27-19(24)13-7-14(20)9-15(21)8-13/h2-3,6-9H,4-5,10-11H2,1H3. The monoisotopic (exact) mass is 409 g/mol. The molecule has 1 heterocycles. The maximum Gasteiger partial charge on any atom is 0.338 e. The predicted molar refractivity (Wildman–Crippen MR) is 101 cm³/mol. The van der Waals surface area contributed by atoms with Gasteiger partial charge in [-0.2, -0.15) is 0 Å². The summed E-state index contributed by atoms with van der Waals surface area (Å²) in [4.78, 5) is 25.8. The highest BCUT2D eigenvalue weighted by Crippen LogP contribution is 2.31. The fraction of sp³-hybridized carbons (Fsp3) is 0.263. The zero-order valence-corrected chi connectivity index (χ0v) is 16.0. The number of esters is 1. The van der Waals surface area contributed by atoms with E-state index in [-0.39, 0.29) is 18.1 Å². The second-order valence-corrected chi connectivity index (χ2v) is 6.83. The van der Waals surface area contributed by atoms with Crippen molar-refractivity contribution >= 4 is 35.1 Å². The van der Waals surface area contributed by atoms with Gasteiger partial charge in [-0.3, -0.25) is 4.79 Å². The van der Waals surface area contributed by atoms with Gasteiger partial charge < -0.3 is 19.1 Å². The summed E-state index contributed by atoms with van der Waals surface area (Å²) in [6.45, 7) is 0.975. The Balaban J connectivity index is 1.55. The van der Waals surface area contributed by atoms with Gasteiger partial charge >= 0.3 is 5.97 Å². The summed E-state index contributed by atoms with van der Waals surface area (Å²) in [7, 11) is 1.63. The van der Waals surface area contributed by atoms with E-state index in [0.29, 0.717) is 41.3 Å². The van der Waals surface area contributed by atoms with Crippen molar-refractivity contribution in [3.8, 4) is 11.5 Å². The first-order chi connectivity index (χ1) is 12.9. The third kappa shape index (κ3) is 5.05. The van der Waals surface area contributed by atoms with Gasteiger partial charge in [-0.15, -0.1) is 0 Å². The predicted octanol–water partition coefficient (Wildman–Crippen LogP) is 3.58. The molecule has 1 amide bonds. The molecule has 1 aliphatic heterocycles. The first-order valence-corrected chi connectivity index (χ1v) is 8.93. The number of carbonyl (C=O) groups is 2. The highest BCUT2D eigenvalue weighted by atomic mass is 35.5. The fourth-order valence-electron chi connectivity index (χ4n) is 2.54. The Morgan fingerprint density at radius 3 is 2.41 bits per heavy atom. The lowest BCUT2D eigenvalue weighted by molar-refractivity contribution is -0.133. The number of hydrogen-bond donors (Lipinski definition) is 0. The maximum atomic E-state index is 12.2. The molecular weight excluding hydrogens is 393 g/mol. The number of hydrogen-bond acceptors (Lipinski definition) is 5. The largest absolute Gasteiger partial charge is 0.486 e. The summed E-state index contributed by atoms with van der Waals surface area (Å²) in [6.07, 6.45) is 0. The van der Waals surface area contributed by atoms with Gasteiger partial charge in [0.1, 0.15) is 13.2 Å². The molecule has 6 nitrogen and oxygen atoms in total. The number of benzene rings is 2. The summed E-state index contributed by atoms with van der Waals surface area (Å²) in [5.74, 6) is 0.337. The minimum Gasteiger partial charge on any atom is -0.486 e. The minimum atomic E-state index is -0.666. The topological polar surface area (TPSA) is 65.1 Å². The molecule has 0 aliphatic carbocycles. The Labute approximate surface area is 166 Å². The molecule has 0 fully saturated rings. The second kappa shape index (κ2) is 8.50. The highest BCUT2D eigenvalue weighted by Gasteiger charge is 2.17.